The van der Waals surface area contributed by atoms with Gasteiger partial charge in [-0.15, -0.1) is 0 Å². The van der Waals surface area contributed by atoms with Crippen molar-refractivity contribution in [3.8, 4) is 5.75 Å². The number of ketones is 1. The van der Waals surface area contributed by atoms with E-state index in [1.54, 1.807) is 0 Å². The fraction of sp³-hybridized carbons (Fsp3) is 0.278. The summed E-state index contributed by atoms with van der Waals surface area (Å²) in [6.45, 7) is 4.78. The number of hydrogen-bond donors (Lipinski definition) is 0. The van der Waals surface area contributed by atoms with Crippen LogP contribution in [0, 0.1) is 0 Å². The van der Waals surface area contributed by atoms with Gasteiger partial charge in [-0.25, -0.2) is 0 Å². The zero-order chi connectivity index (χ0) is 14.4. The van der Waals surface area contributed by atoms with Crippen LogP contribution in [0.4, 0.5) is 0 Å². The van der Waals surface area contributed by atoms with Crippen molar-refractivity contribution in [3.05, 3.63) is 65.2 Å². The summed E-state index contributed by atoms with van der Waals surface area (Å²) in [6.07, 6.45) is 1.90. The predicted molar refractivity (Wildman–Crippen MR) is 81.5 cm³/mol. The molecule has 104 valence electrons. The number of hydrogen-bond acceptors (Lipinski definition) is 2. The SMILES string of the molecule is CCCOc1ccccc1C(=O)c1ccc(CC)cc1. The summed E-state index contributed by atoms with van der Waals surface area (Å²) in [6, 6.07) is 15.2. The van der Waals surface area contributed by atoms with E-state index in [1.165, 1.54) is 5.56 Å². The van der Waals surface area contributed by atoms with E-state index in [2.05, 4.69) is 6.92 Å². The van der Waals surface area contributed by atoms with Crippen molar-refractivity contribution in [1.29, 1.82) is 0 Å². The third-order valence-corrected chi connectivity index (χ3v) is 3.22. The van der Waals surface area contributed by atoms with Gasteiger partial charge in [0.15, 0.2) is 5.78 Å². The van der Waals surface area contributed by atoms with Crippen LogP contribution in [0.25, 0.3) is 0 Å². The number of para-hydroxylation sites is 1. The van der Waals surface area contributed by atoms with Crippen molar-refractivity contribution in [3.63, 3.8) is 0 Å². The fourth-order valence-corrected chi connectivity index (χ4v) is 2.04. The number of rotatable bonds is 6. The molecule has 2 rings (SSSR count). The molecule has 0 unspecified atom stereocenters. The first-order valence-electron chi connectivity index (χ1n) is 7.11. The normalized spacial score (nSPS) is 10.3. The predicted octanol–water partition coefficient (Wildman–Crippen LogP) is 4.27. The van der Waals surface area contributed by atoms with Crippen LogP contribution in [0.2, 0.25) is 0 Å². The topological polar surface area (TPSA) is 26.3 Å². The second kappa shape index (κ2) is 6.90. The van der Waals surface area contributed by atoms with Gasteiger partial charge in [0.25, 0.3) is 0 Å². The molecule has 20 heavy (non-hydrogen) atoms. The lowest BCUT2D eigenvalue weighted by Crippen LogP contribution is -2.06. The lowest BCUT2D eigenvalue weighted by molar-refractivity contribution is 0.103. The second-order valence-corrected chi connectivity index (χ2v) is 4.72. The van der Waals surface area contributed by atoms with E-state index < -0.39 is 0 Å². The Morgan fingerprint density at radius 2 is 1.70 bits per heavy atom. The quantitative estimate of drug-likeness (QED) is 0.731. The van der Waals surface area contributed by atoms with Gasteiger partial charge >= 0.3 is 0 Å². The van der Waals surface area contributed by atoms with Crippen molar-refractivity contribution in [1.82, 2.24) is 0 Å². The summed E-state index contributed by atoms with van der Waals surface area (Å²) in [5.74, 6) is 0.679. The molecule has 0 atom stereocenters. The summed E-state index contributed by atoms with van der Waals surface area (Å²) in [5.41, 5.74) is 2.57. The lowest BCUT2D eigenvalue weighted by atomic mass is 10.0. The van der Waals surface area contributed by atoms with Gasteiger partial charge in [0.2, 0.25) is 0 Å². The molecule has 0 amide bonds. The first-order valence-corrected chi connectivity index (χ1v) is 7.11. The largest absolute Gasteiger partial charge is 0.493 e. The van der Waals surface area contributed by atoms with E-state index in [0.717, 1.165) is 12.8 Å². The molecule has 0 fully saturated rings. The highest BCUT2D eigenvalue weighted by atomic mass is 16.5. The minimum absolute atomic E-state index is 0.0133. The Kier molecular flexibility index (Phi) is 4.94. The molecular weight excluding hydrogens is 248 g/mol. The van der Waals surface area contributed by atoms with Crippen molar-refractivity contribution < 1.29 is 9.53 Å². The first-order chi connectivity index (χ1) is 9.76. The minimum Gasteiger partial charge on any atom is -0.493 e. The molecule has 2 aromatic rings. The highest BCUT2D eigenvalue weighted by Gasteiger charge is 2.14. The number of carbonyl (C=O) groups is 1. The monoisotopic (exact) mass is 268 g/mol. The third kappa shape index (κ3) is 3.27. The first kappa shape index (κ1) is 14.3. The maximum Gasteiger partial charge on any atom is 0.196 e. The summed E-state index contributed by atoms with van der Waals surface area (Å²) < 4.78 is 5.65. The van der Waals surface area contributed by atoms with Crippen LogP contribution in [0.15, 0.2) is 48.5 Å². The highest BCUT2D eigenvalue weighted by molar-refractivity contribution is 6.10. The van der Waals surface area contributed by atoms with Crippen LogP contribution in [0.1, 0.15) is 41.8 Å². The van der Waals surface area contributed by atoms with E-state index >= 15 is 0 Å². The Labute approximate surface area is 120 Å². The van der Waals surface area contributed by atoms with E-state index in [1.807, 2.05) is 55.5 Å². The maximum atomic E-state index is 12.5. The zero-order valence-electron chi connectivity index (χ0n) is 12.1. The van der Waals surface area contributed by atoms with Crippen LogP contribution in [0.5, 0.6) is 5.75 Å². The molecule has 2 nitrogen and oxygen atoms in total. The molecule has 0 saturated heterocycles. The molecular formula is C18H20O2. The molecule has 0 aliphatic heterocycles. The number of aryl methyl sites for hydroxylation is 1. The highest BCUT2D eigenvalue weighted by Crippen LogP contribution is 2.22. The number of ether oxygens (including phenoxy) is 1. The van der Waals surface area contributed by atoms with Gasteiger partial charge in [-0.2, -0.15) is 0 Å². The van der Waals surface area contributed by atoms with Crippen LogP contribution >= 0.6 is 0 Å². The van der Waals surface area contributed by atoms with Crippen molar-refractivity contribution in [2.45, 2.75) is 26.7 Å². The molecule has 0 heterocycles. The third-order valence-electron chi connectivity index (χ3n) is 3.22. The van der Waals surface area contributed by atoms with Crippen molar-refractivity contribution in [2.75, 3.05) is 6.61 Å². The minimum atomic E-state index is 0.0133. The molecule has 0 N–H and O–H groups in total. The fourth-order valence-electron chi connectivity index (χ4n) is 2.04. The Hall–Kier alpha value is -2.09. The maximum absolute atomic E-state index is 12.5. The molecule has 0 aromatic heterocycles. The average Bonchev–Trinajstić information content (AvgIpc) is 2.52. The van der Waals surface area contributed by atoms with Crippen LogP contribution in [-0.2, 0) is 6.42 Å². The van der Waals surface area contributed by atoms with Gasteiger partial charge < -0.3 is 4.74 Å². The van der Waals surface area contributed by atoms with Crippen LogP contribution in [0.3, 0.4) is 0 Å². The Morgan fingerprint density at radius 1 is 1.00 bits per heavy atom. The molecule has 0 bridgehead atoms. The standard InChI is InChI=1S/C18H20O2/c1-3-13-20-17-8-6-5-7-16(17)18(19)15-11-9-14(4-2)10-12-15/h5-12H,3-4,13H2,1-2H3. The van der Waals surface area contributed by atoms with E-state index in [0.29, 0.717) is 23.5 Å². The lowest BCUT2D eigenvalue weighted by Gasteiger charge is -2.10. The Balaban J connectivity index is 2.27. The summed E-state index contributed by atoms with van der Waals surface area (Å²) in [7, 11) is 0. The Bertz CT molecular complexity index is 570. The van der Waals surface area contributed by atoms with Gasteiger partial charge in [-0.05, 0) is 30.5 Å². The van der Waals surface area contributed by atoms with Gasteiger partial charge in [0.05, 0.1) is 12.2 Å². The van der Waals surface area contributed by atoms with Gasteiger partial charge in [0.1, 0.15) is 5.75 Å². The van der Waals surface area contributed by atoms with Crippen LogP contribution in [-0.4, -0.2) is 12.4 Å². The second-order valence-electron chi connectivity index (χ2n) is 4.72. The zero-order valence-corrected chi connectivity index (χ0v) is 12.1. The van der Waals surface area contributed by atoms with Crippen molar-refractivity contribution in [2.24, 2.45) is 0 Å². The molecule has 0 radical (unpaired) electrons. The molecule has 0 aliphatic carbocycles. The molecule has 2 aromatic carbocycles. The van der Waals surface area contributed by atoms with E-state index in [4.69, 9.17) is 4.74 Å². The molecule has 2 heteroatoms. The molecule has 0 saturated carbocycles. The van der Waals surface area contributed by atoms with Crippen LogP contribution < -0.4 is 4.74 Å². The van der Waals surface area contributed by atoms with Gasteiger partial charge in [-0.3, -0.25) is 4.79 Å². The summed E-state index contributed by atoms with van der Waals surface area (Å²) in [5, 5.41) is 0. The smallest absolute Gasteiger partial charge is 0.196 e. The Morgan fingerprint density at radius 3 is 2.35 bits per heavy atom. The molecule has 0 aliphatic rings. The average molecular weight is 268 g/mol. The van der Waals surface area contributed by atoms with E-state index in [-0.39, 0.29) is 5.78 Å². The van der Waals surface area contributed by atoms with Gasteiger partial charge in [-0.1, -0.05) is 50.2 Å². The summed E-state index contributed by atoms with van der Waals surface area (Å²) >= 11 is 0. The molecule has 0 spiro atoms. The number of carbonyl (C=O) groups excluding carboxylic acids is 1. The van der Waals surface area contributed by atoms with Crippen molar-refractivity contribution >= 4 is 5.78 Å². The summed E-state index contributed by atoms with van der Waals surface area (Å²) in [4.78, 5) is 12.5. The number of benzene rings is 2. The van der Waals surface area contributed by atoms with Gasteiger partial charge in [0, 0.05) is 5.56 Å². The van der Waals surface area contributed by atoms with E-state index in [9.17, 15) is 4.79 Å².